The average molecular weight is 100 g/mol. The molecule has 0 saturated heterocycles. The third-order valence-corrected chi connectivity index (χ3v) is 1.79. The highest BCUT2D eigenvalue weighted by atomic mass is 16.3. The van der Waals surface area contributed by atoms with Gasteiger partial charge in [-0.1, -0.05) is 6.92 Å². The van der Waals surface area contributed by atoms with Gasteiger partial charge in [-0.15, -0.1) is 0 Å². The Balaban J connectivity index is 2.20. The Morgan fingerprint density at radius 2 is 2.14 bits per heavy atom. The van der Waals surface area contributed by atoms with E-state index in [1.54, 1.807) is 0 Å². The Morgan fingerprint density at radius 3 is 2.14 bits per heavy atom. The predicted molar refractivity (Wildman–Crippen MR) is 29.0 cm³/mol. The largest absolute Gasteiger partial charge is 0.393 e. The molecule has 1 saturated carbocycles. The van der Waals surface area contributed by atoms with Crippen LogP contribution in [0.4, 0.5) is 0 Å². The molecular weight excluding hydrogens is 88.1 g/mol. The van der Waals surface area contributed by atoms with Gasteiger partial charge in [0.25, 0.3) is 0 Å². The van der Waals surface area contributed by atoms with Crippen LogP contribution >= 0.6 is 0 Å². The summed E-state index contributed by atoms with van der Waals surface area (Å²) in [5.74, 6) is 1.42. The Labute approximate surface area is 44.4 Å². The molecule has 0 aromatic rings. The molecule has 0 heterocycles. The fraction of sp³-hybridized carbons (Fsp3) is 1.00. The SMILES string of the molecule is C[C@H](O)[C@H]1C[C@@H]1C. The Morgan fingerprint density at radius 1 is 1.71 bits per heavy atom. The van der Waals surface area contributed by atoms with Crippen LogP contribution in [0.3, 0.4) is 0 Å². The van der Waals surface area contributed by atoms with E-state index in [-0.39, 0.29) is 6.10 Å². The van der Waals surface area contributed by atoms with Gasteiger partial charge in [0, 0.05) is 0 Å². The van der Waals surface area contributed by atoms with Crippen molar-refractivity contribution in [2.45, 2.75) is 26.4 Å². The van der Waals surface area contributed by atoms with Crippen LogP contribution in [0.2, 0.25) is 0 Å². The van der Waals surface area contributed by atoms with Crippen LogP contribution in [0.1, 0.15) is 20.3 Å². The molecule has 0 bridgehead atoms. The molecule has 7 heavy (non-hydrogen) atoms. The molecule has 3 atom stereocenters. The van der Waals surface area contributed by atoms with Gasteiger partial charge in [0.2, 0.25) is 0 Å². The van der Waals surface area contributed by atoms with E-state index in [4.69, 9.17) is 5.11 Å². The molecule has 42 valence electrons. The van der Waals surface area contributed by atoms with Crippen LogP contribution in [0, 0.1) is 11.8 Å². The number of aliphatic hydroxyl groups excluding tert-OH is 1. The van der Waals surface area contributed by atoms with Crippen LogP contribution in [-0.4, -0.2) is 11.2 Å². The van der Waals surface area contributed by atoms with Crippen molar-refractivity contribution in [1.29, 1.82) is 0 Å². The number of rotatable bonds is 1. The van der Waals surface area contributed by atoms with Gasteiger partial charge in [-0.05, 0) is 25.2 Å². The first-order valence-corrected chi connectivity index (χ1v) is 2.90. The normalized spacial score (nSPS) is 43.3. The van der Waals surface area contributed by atoms with Crippen molar-refractivity contribution in [3.05, 3.63) is 0 Å². The average Bonchev–Trinajstić information content (AvgIpc) is 2.17. The van der Waals surface area contributed by atoms with Crippen molar-refractivity contribution in [2.24, 2.45) is 11.8 Å². The fourth-order valence-corrected chi connectivity index (χ4v) is 1.02. The van der Waals surface area contributed by atoms with Crippen LogP contribution in [-0.2, 0) is 0 Å². The lowest BCUT2D eigenvalue weighted by Crippen LogP contribution is -2.02. The van der Waals surface area contributed by atoms with E-state index in [1.807, 2.05) is 6.92 Å². The quantitative estimate of drug-likeness (QED) is 0.521. The van der Waals surface area contributed by atoms with Crippen LogP contribution in [0.5, 0.6) is 0 Å². The van der Waals surface area contributed by atoms with E-state index in [0.29, 0.717) is 5.92 Å². The highest BCUT2D eigenvalue weighted by molar-refractivity contribution is 4.85. The minimum atomic E-state index is -0.0602. The molecule has 1 rings (SSSR count). The molecular formula is C6H12O. The van der Waals surface area contributed by atoms with Gasteiger partial charge >= 0.3 is 0 Å². The third kappa shape index (κ3) is 0.942. The minimum Gasteiger partial charge on any atom is -0.393 e. The van der Waals surface area contributed by atoms with Crippen molar-refractivity contribution >= 4 is 0 Å². The van der Waals surface area contributed by atoms with E-state index < -0.39 is 0 Å². The maximum absolute atomic E-state index is 8.86. The number of hydrogen-bond donors (Lipinski definition) is 1. The third-order valence-electron chi connectivity index (χ3n) is 1.79. The molecule has 1 nitrogen and oxygen atoms in total. The molecule has 0 spiro atoms. The zero-order valence-corrected chi connectivity index (χ0v) is 4.89. The zero-order chi connectivity index (χ0) is 5.44. The molecule has 1 aliphatic carbocycles. The topological polar surface area (TPSA) is 20.2 Å². The number of hydrogen-bond acceptors (Lipinski definition) is 1. The lowest BCUT2D eigenvalue weighted by molar-refractivity contribution is 0.165. The second kappa shape index (κ2) is 1.48. The molecule has 0 amide bonds. The second-order valence-electron chi connectivity index (χ2n) is 2.62. The van der Waals surface area contributed by atoms with E-state index >= 15 is 0 Å². The highest BCUT2D eigenvalue weighted by Crippen LogP contribution is 2.40. The summed E-state index contributed by atoms with van der Waals surface area (Å²) in [5, 5.41) is 8.86. The first-order valence-electron chi connectivity index (χ1n) is 2.90. The summed E-state index contributed by atoms with van der Waals surface area (Å²) < 4.78 is 0. The van der Waals surface area contributed by atoms with Crippen LogP contribution < -0.4 is 0 Å². The van der Waals surface area contributed by atoms with Gasteiger partial charge in [0.05, 0.1) is 6.10 Å². The van der Waals surface area contributed by atoms with Gasteiger partial charge in [0.1, 0.15) is 0 Å². The molecule has 0 aromatic carbocycles. The zero-order valence-electron chi connectivity index (χ0n) is 4.89. The van der Waals surface area contributed by atoms with Crippen molar-refractivity contribution in [2.75, 3.05) is 0 Å². The lowest BCUT2D eigenvalue weighted by Gasteiger charge is -1.96. The summed E-state index contributed by atoms with van der Waals surface area (Å²) >= 11 is 0. The van der Waals surface area contributed by atoms with Crippen molar-refractivity contribution in [1.82, 2.24) is 0 Å². The summed E-state index contributed by atoms with van der Waals surface area (Å²) in [7, 11) is 0. The summed E-state index contributed by atoms with van der Waals surface area (Å²) in [6.07, 6.45) is 1.17. The Kier molecular flexibility index (Phi) is 1.08. The van der Waals surface area contributed by atoms with Gasteiger partial charge < -0.3 is 5.11 Å². The van der Waals surface area contributed by atoms with E-state index in [1.165, 1.54) is 6.42 Å². The molecule has 0 radical (unpaired) electrons. The van der Waals surface area contributed by atoms with Crippen LogP contribution in [0.25, 0.3) is 0 Å². The summed E-state index contributed by atoms with van der Waals surface area (Å²) in [5.41, 5.74) is 0. The molecule has 0 aromatic heterocycles. The summed E-state index contributed by atoms with van der Waals surface area (Å²) in [6.45, 7) is 4.05. The van der Waals surface area contributed by atoms with E-state index in [0.717, 1.165) is 5.92 Å². The van der Waals surface area contributed by atoms with Gasteiger partial charge in [-0.25, -0.2) is 0 Å². The monoisotopic (exact) mass is 100 g/mol. The number of aliphatic hydroxyl groups is 1. The molecule has 1 aliphatic rings. The first-order chi connectivity index (χ1) is 3.22. The van der Waals surface area contributed by atoms with E-state index in [9.17, 15) is 0 Å². The van der Waals surface area contributed by atoms with Crippen LogP contribution in [0.15, 0.2) is 0 Å². The molecule has 1 heteroatoms. The summed E-state index contributed by atoms with van der Waals surface area (Å²) in [4.78, 5) is 0. The molecule has 1 fully saturated rings. The Hall–Kier alpha value is -0.0400. The van der Waals surface area contributed by atoms with Gasteiger partial charge in [-0.2, -0.15) is 0 Å². The maximum Gasteiger partial charge on any atom is 0.0542 e. The van der Waals surface area contributed by atoms with Gasteiger partial charge in [-0.3, -0.25) is 0 Å². The smallest absolute Gasteiger partial charge is 0.0542 e. The fourth-order valence-electron chi connectivity index (χ4n) is 1.02. The van der Waals surface area contributed by atoms with Crippen molar-refractivity contribution in [3.63, 3.8) is 0 Å². The Bertz CT molecular complexity index is 68.6. The lowest BCUT2D eigenvalue weighted by atomic mass is 10.2. The van der Waals surface area contributed by atoms with Crippen molar-refractivity contribution < 1.29 is 5.11 Å². The highest BCUT2D eigenvalue weighted by Gasteiger charge is 2.35. The van der Waals surface area contributed by atoms with Gasteiger partial charge in [0.15, 0.2) is 0 Å². The maximum atomic E-state index is 8.86. The first kappa shape index (κ1) is 5.10. The second-order valence-corrected chi connectivity index (χ2v) is 2.62. The molecule has 0 unspecified atom stereocenters. The minimum absolute atomic E-state index is 0.0602. The standard InChI is InChI=1S/C6H12O/c1-4-3-6(4)5(2)7/h4-7H,3H2,1-2H3/t4-,5-,6-/m0/s1. The van der Waals surface area contributed by atoms with E-state index in [2.05, 4.69) is 6.92 Å². The molecule has 0 aliphatic heterocycles. The molecule has 1 N–H and O–H groups in total. The van der Waals surface area contributed by atoms with Crippen molar-refractivity contribution in [3.8, 4) is 0 Å². The summed E-state index contributed by atoms with van der Waals surface area (Å²) in [6, 6.07) is 0. The predicted octanol–water partition coefficient (Wildman–Crippen LogP) is 1.02.